The molecule has 0 rings (SSSR count). The number of hydrogen-bond donors (Lipinski definition) is 0. The average molecular weight is 124 g/mol. The quantitative estimate of drug-likeness (QED) is 0.524. The van der Waals surface area contributed by atoms with Crippen LogP contribution in [0.5, 0.6) is 0 Å². The highest BCUT2D eigenvalue weighted by Gasteiger charge is 1.91. The molecule has 0 saturated heterocycles. The van der Waals surface area contributed by atoms with E-state index in [1.807, 2.05) is 20.1 Å². The van der Waals surface area contributed by atoms with E-state index in [0.29, 0.717) is 5.57 Å². The molecular weight excluding hydrogens is 112 g/mol. The first-order valence-electron chi connectivity index (χ1n) is 3.33. The van der Waals surface area contributed by atoms with Crippen LogP contribution in [-0.2, 0) is 4.79 Å². The van der Waals surface area contributed by atoms with Crippen LogP contribution in [0.1, 0.15) is 33.1 Å². The fourth-order valence-electron chi connectivity index (χ4n) is 0.639. The van der Waals surface area contributed by atoms with Gasteiger partial charge in [-0.3, -0.25) is 4.79 Å². The molecule has 0 aromatic carbocycles. The maximum atomic E-state index is 10.1. The van der Waals surface area contributed by atoms with E-state index in [9.17, 15) is 4.79 Å². The van der Waals surface area contributed by atoms with Gasteiger partial charge in [-0.15, -0.1) is 0 Å². The van der Waals surface area contributed by atoms with Crippen molar-refractivity contribution in [2.45, 2.75) is 33.1 Å². The van der Waals surface area contributed by atoms with E-state index in [4.69, 9.17) is 0 Å². The van der Waals surface area contributed by atoms with Crippen molar-refractivity contribution in [3.63, 3.8) is 0 Å². The highest BCUT2D eigenvalue weighted by molar-refractivity contribution is 5.72. The normalized spacial score (nSPS) is 11.6. The van der Waals surface area contributed by atoms with E-state index in [0.717, 1.165) is 19.3 Å². The molecule has 50 valence electrons. The molecule has 0 spiro atoms. The van der Waals surface area contributed by atoms with Gasteiger partial charge < -0.3 is 0 Å². The molecule has 9 heavy (non-hydrogen) atoms. The van der Waals surface area contributed by atoms with Crippen molar-refractivity contribution in [1.82, 2.24) is 0 Å². The van der Waals surface area contributed by atoms with E-state index >= 15 is 0 Å². The van der Waals surface area contributed by atoms with Gasteiger partial charge in [0.15, 0.2) is 0 Å². The summed E-state index contributed by atoms with van der Waals surface area (Å²) >= 11 is 0. The first-order chi connectivity index (χ1) is 4.35. The second-order valence-electron chi connectivity index (χ2n) is 1.86. The Morgan fingerprint density at radius 1 is 1.44 bits per heavy atom. The van der Waals surface area contributed by atoms with Crippen LogP contribution >= 0.6 is 0 Å². The number of carbonyl (C=O) groups excluding carboxylic acids is 1. The molecule has 0 amide bonds. The lowest BCUT2D eigenvalue weighted by molar-refractivity contribution is 0.559. The van der Waals surface area contributed by atoms with Gasteiger partial charge in [-0.1, -0.05) is 20.3 Å². The van der Waals surface area contributed by atoms with E-state index in [-0.39, 0.29) is 0 Å². The summed E-state index contributed by atoms with van der Waals surface area (Å²) < 4.78 is 0. The van der Waals surface area contributed by atoms with Crippen LogP contribution in [0.3, 0.4) is 0 Å². The lowest BCUT2D eigenvalue weighted by Crippen LogP contribution is -1.83. The topological polar surface area (TPSA) is 17.1 Å². The number of rotatable bonds is 4. The minimum absolute atomic E-state index is 0.694. The smallest absolute Gasteiger partial charge is 0.229 e. The molecule has 2 radical (unpaired) electrons. The largest absolute Gasteiger partial charge is 0.285 e. The molecule has 0 atom stereocenters. The molecule has 0 bridgehead atoms. The van der Waals surface area contributed by atoms with Gasteiger partial charge in [0.05, 0.1) is 0 Å². The van der Waals surface area contributed by atoms with Gasteiger partial charge in [0.1, 0.15) is 0 Å². The molecular formula is C8H12O. The van der Waals surface area contributed by atoms with Crippen LogP contribution in [0.15, 0.2) is 5.57 Å². The molecule has 1 heteroatoms. The Kier molecular flexibility index (Phi) is 5.18. The van der Waals surface area contributed by atoms with Gasteiger partial charge in [0.2, 0.25) is 6.29 Å². The molecule has 0 unspecified atom stereocenters. The highest BCUT2D eigenvalue weighted by Crippen LogP contribution is 2.00. The summed E-state index contributed by atoms with van der Waals surface area (Å²) in [5.41, 5.74) is 0.694. The van der Waals surface area contributed by atoms with Crippen LogP contribution in [-0.4, -0.2) is 6.29 Å². The Balaban J connectivity index is 3.66. The van der Waals surface area contributed by atoms with Crippen LogP contribution in [0, 0.1) is 6.08 Å². The molecule has 0 fully saturated rings. The predicted molar refractivity (Wildman–Crippen MR) is 37.6 cm³/mol. The predicted octanol–water partition coefficient (Wildman–Crippen LogP) is 2.04. The third-order valence-corrected chi connectivity index (χ3v) is 1.01. The highest BCUT2D eigenvalue weighted by atomic mass is 16.1. The minimum Gasteiger partial charge on any atom is -0.285 e. The first kappa shape index (κ1) is 8.41. The summed E-state index contributed by atoms with van der Waals surface area (Å²) in [7, 11) is 0. The van der Waals surface area contributed by atoms with Crippen molar-refractivity contribution in [2.24, 2.45) is 0 Å². The fourth-order valence-corrected chi connectivity index (χ4v) is 0.639. The van der Waals surface area contributed by atoms with Crippen LogP contribution in [0.4, 0.5) is 0 Å². The van der Waals surface area contributed by atoms with E-state index in [1.165, 1.54) is 0 Å². The third-order valence-electron chi connectivity index (χ3n) is 1.01. The van der Waals surface area contributed by atoms with Gasteiger partial charge in [0.25, 0.3) is 0 Å². The number of allylic oxidation sites excluding steroid dienone is 2. The van der Waals surface area contributed by atoms with Crippen LogP contribution < -0.4 is 0 Å². The Bertz CT molecular complexity index is 103. The Morgan fingerprint density at radius 2 is 2.11 bits per heavy atom. The van der Waals surface area contributed by atoms with Crippen molar-refractivity contribution in [2.75, 3.05) is 0 Å². The summed E-state index contributed by atoms with van der Waals surface area (Å²) in [6, 6.07) is 0. The standard InChI is InChI=1S/C8H12O/c1-3-5-8(7-9)6-4-2/h3-5H2,1-2H3. The summed E-state index contributed by atoms with van der Waals surface area (Å²) in [5, 5.41) is 0. The van der Waals surface area contributed by atoms with Gasteiger partial charge in [0, 0.05) is 5.57 Å². The lowest BCUT2D eigenvalue weighted by atomic mass is 10.1. The summed E-state index contributed by atoms with van der Waals surface area (Å²) in [6.45, 7) is 4.00. The van der Waals surface area contributed by atoms with Crippen molar-refractivity contribution in [3.8, 4) is 0 Å². The molecule has 0 aliphatic heterocycles. The maximum absolute atomic E-state index is 10.1. The average Bonchev–Trinajstić information content (AvgIpc) is 1.88. The van der Waals surface area contributed by atoms with E-state index < -0.39 is 0 Å². The Labute approximate surface area is 56.8 Å². The number of hydrogen-bond acceptors (Lipinski definition) is 1. The van der Waals surface area contributed by atoms with Crippen LogP contribution in [0.25, 0.3) is 0 Å². The third kappa shape index (κ3) is 3.95. The van der Waals surface area contributed by atoms with Gasteiger partial charge in [-0.2, -0.15) is 0 Å². The molecule has 1 nitrogen and oxygen atoms in total. The van der Waals surface area contributed by atoms with E-state index in [1.54, 1.807) is 0 Å². The molecule has 0 aliphatic rings. The molecule has 0 saturated carbocycles. The fraction of sp³-hybridized carbons (Fsp3) is 0.625. The monoisotopic (exact) mass is 124 g/mol. The van der Waals surface area contributed by atoms with Crippen molar-refractivity contribution >= 4 is 6.29 Å². The molecule has 0 N–H and O–H groups in total. The Hall–Kier alpha value is -0.590. The molecule has 0 aromatic heterocycles. The maximum Gasteiger partial charge on any atom is 0.229 e. The van der Waals surface area contributed by atoms with Gasteiger partial charge >= 0.3 is 0 Å². The van der Waals surface area contributed by atoms with Gasteiger partial charge in [-0.05, 0) is 18.9 Å². The Morgan fingerprint density at radius 3 is 2.44 bits per heavy atom. The zero-order chi connectivity index (χ0) is 7.11. The molecule has 0 heterocycles. The van der Waals surface area contributed by atoms with Gasteiger partial charge in [-0.25, -0.2) is 0 Å². The van der Waals surface area contributed by atoms with Crippen molar-refractivity contribution < 1.29 is 4.79 Å². The minimum atomic E-state index is 0.694. The molecule has 0 aromatic rings. The zero-order valence-corrected chi connectivity index (χ0v) is 6.03. The second-order valence-corrected chi connectivity index (χ2v) is 1.86. The molecule has 0 aliphatic carbocycles. The summed E-state index contributed by atoms with van der Waals surface area (Å²) in [4.78, 5) is 10.1. The van der Waals surface area contributed by atoms with Crippen molar-refractivity contribution in [1.29, 1.82) is 0 Å². The SMILES string of the molecule is CC/[C]=C(\[C]=O)CCC. The zero-order valence-electron chi connectivity index (χ0n) is 6.03. The second kappa shape index (κ2) is 5.54. The summed E-state index contributed by atoms with van der Waals surface area (Å²) in [6.07, 6.45) is 7.41. The van der Waals surface area contributed by atoms with E-state index in [2.05, 4.69) is 6.08 Å². The lowest BCUT2D eigenvalue weighted by Gasteiger charge is -1.90. The van der Waals surface area contributed by atoms with Crippen LogP contribution in [0.2, 0.25) is 0 Å². The van der Waals surface area contributed by atoms with Crippen molar-refractivity contribution in [3.05, 3.63) is 11.6 Å². The first-order valence-corrected chi connectivity index (χ1v) is 3.33. The summed E-state index contributed by atoms with van der Waals surface area (Å²) in [5.74, 6) is 0.